The lowest BCUT2D eigenvalue weighted by atomic mass is 9.95. The lowest BCUT2D eigenvalue weighted by Gasteiger charge is -2.29. The van der Waals surface area contributed by atoms with E-state index < -0.39 is 12.0 Å². The van der Waals surface area contributed by atoms with E-state index in [2.05, 4.69) is 10.6 Å². The Bertz CT molecular complexity index is 633. The van der Waals surface area contributed by atoms with Gasteiger partial charge >= 0.3 is 12.0 Å². The van der Waals surface area contributed by atoms with Crippen LogP contribution in [0.15, 0.2) is 35.5 Å². The molecule has 2 N–H and O–H groups in total. The molecular weight excluding hydrogens is 294 g/mol. The molecule has 2 rings (SSSR count). The zero-order valence-corrected chi connectivity index (χ0v) is 14.1. The van der Waals surface area contributed by atoms with Crippen LogP contribution in [0.2, 0.25) is 0 Å². The minimum absolute atomic E-state index is 0.225. The molecule has 2 amide bonds. The molecule has 124 valence electrons. The number of carbonyl (C=O) groups is 2. The molecule has 1 atom stereocenters. The van der Waals surface area contributed by atoms with Gasteiger partial charge in [-0.15, -0.1) is 0 Å². The molecule has 1 aliphatic rings. The number of esters is 1. The van der Waals surface area contributed by atoms with Crippen LogP contribution in [0.25, 0.3) is 0 Å². The summed E-state index contributed by atoms with van der Waals surface area (Å²) in [6.07, 6.45) is -0.225. The molecule has 1 aliphatic heterocycles. The summed E-state index contributed by atoms with van der Waals surface area (Å²) in [5.74, 6) is -0.424. The van der Waals surface area contributed by atoms with Crippen molar-refractivity contribution in [3.8, 4) is 0 Å². The van der Waals surface area contributed by atoms with Gasteiger partial charge in [0.05, 0.1) is 17.7 Å². The predicted molar refractivity (Wildman–Crippen MR) is 89.1 cm³/mol. The molecule has 0 fully saturated rings. The minimum atomic E-state index is -0.522. The molecule has 6 heteroatoms. The first-order valence-corrected chi connectivity index (χ1v) is 7.56. The van der Waals surface area contributed by atoms with Crippen LogP contribution in [-0.2, 0) is 9.53 Å². The number of allylic oxidation sites excluding steroid dienone is 1. The Kier molecular flexibility index (Phi) is 4.93. The van der Waals surface area contributed by atoms with E-state index in [1.807, 2.05) is 43.3 Å². The van der Waals surface area contributed by atoms with Gasteiger partial charge in [0.2, 0.25) is 0 Å². The first kappa shape index (κ1) is 16.9. The zero-order chi connectivity index (χ0) is 17.1. The highest BCUT2D eigenvalue weighted by Crippen LogP contribution is 2.29. The van der Waals surface area contributed by atoms with Gasteiger partial charge in [0, 0.05) is 25.5 Å². The van der Waals surface area contributed by atoms with Crippen LogP contribution >= 0.6 is 0 Å². The second-order valence-electron chi connectivity index (χ2n) is 6.01. The molecule has 0 saturated carbocycles. The third kappa shape index (κ3) is 3.83. The summed E-state index contributed by atoms with van der Waals surface area (Å²) < 4.78 is 5.31. The van der Waals surface area contributed by atoms with Gasteiger partial charge < -0.3 is 20.3 Å². The monoisotopic (exact) mass is 317 g/mol. The van der Waals surface area contributed by atoms with E-state index in [-0.39, 0.29) is 12.1 Å². The first-order chi connectivity index (χ1) is 10.8. The van der Waals surface area contributed by atoms with Crippen molar-refractivity contribution in [1.82, 2.24) is 10.6 Å². The normalized spacial score (nSPS) is 17.7. The van der Waals surface area contributed by atoms with E-state index >= 15 is 0 Å². The van der Waals surface area contributed by atoms with Crippen molar-refractivity contribution in [1.29, 1.82) is 0 Å². The number of nitrogens with zero attached hydrogens (tertiary/aromatic N) is 1. The molecule has 0 bridgehead atoms. The lowest BCUT2D eigenvalue weighted by molar-refractivity contribution is -0.143. The summed E-state index contributed by atoms with van der Waals surface area (Å²) in [6.45, 7) is 5.30. The fourth-order valence-corrected chi connectivity index (χ4v) is 2.46. The third-order valence-electron chi connectivity index (χ3n) is 3.57. The van der Waals surface area contributed by atoms with E-state index in [0.29, 0.717) is 11.3 Å². The summed E-state index contributed by atoms with van der Waals surface area (Å²) in [5, 5.41) is 5.43. The number of benzene rings is 1. The Morgan fingerprint density at radius 1 is 1.22 bits per heavy atom. The first-order valence-electron chi connectivity index (χ1n) is 7.56. The summed E-state index contributed by atoms with van der Waals surface area (Å²) in [7, 11) is 3.91. The standard InChI is InChI=1S/C17H23N3O3/c1-10(2)23-16(21)14-11(3)18-17(22)19-15(14)12-6-8-13(9-7-12)20(4)5/h6-10,15H,1-5H3,(H2,18,19,22)/t15-/m0/s1. The number of urea groups is 1. The van der Waals surface area contributed by atoms with Crippen molar-refractivity contribution in [3.05, 3.63) is 41.1 Å². The number of hydrogen-bond acceptors (Lipinski definition) is 4. The number of carbonyl (C=O) groups excluding carboxylic acids is 2. The van der Waals surface area contributed by atoms with Gasteiger partial charge in [0.25, 0.3) is 0 Å². The van der Waals surface area contributed by atoms with Crippen LogP contribution in [0, 0.1) is 0 Å². The van der Waals surface area contributed by atoms with Crippen molar-refractivity contribution < 1.29 is 14.3 Å². The Morgan fingerprint density at radius 2 is 1.83 bits per heavy atom. The van der Waals surface area contributed by atoms with Crippen LogP contribution in [0.5, 0.6) is 0 Å². The molecule has 0 spiro atoms. The van der Waals surface area contributed by atoms with Gasteiger partial charge in [0.1, 0.15) is 0 Å². The highest BCUT2D eigenvalue weighted by Gasteiger charge is 2.32. The molecule has 1 aromatic rings. The molecule has 0 aliphatic carbocycles. The van der Waals surface area contributed by atoms with Crippen molar-refractivity contribution in [2.24, 2.45) is 0 Å². The van der Waals surface area contributed by atoms with E-state index in [4.69, 9.17) is 4.74 Å². The molecule has 1 aromatic carbocycles. The molecule has 0 radical (unpaired) electrons. The van der Waals surface area contributed by atoms with Gasteiger partial charge in [0.15, 0.2) is 0 Å². The van der Waals surface area contributed by atoms with E-state index in [1.54, 1.807) is 20.8 Å². The molecule has 0 saturated heterocycles. The second kappa shape index (κ2) is 6.73. The van der Waals surface area contributed by atoms with Crippen molar-refractivity contribution in [3.63, 3.8) is 0 Å². The molecule has 6 nitrogen and oxygen atoms in total. The zero-order valence-electron chi connectivity index (χ0n) is 14.1. The Morgan fingerprint density at radius 3 is 2.35 bits per heavy atom. The maximum atomic E-state index is 12.4. The smallest absolute Gasteiger partial charge is 0.338 e. The molecule has 0 aromatic heterocycles. The third-order valence-corrected chi connectivity index (χ3v) is 3.57. The maximum absolute atomic E-state index is 12.4. The average Bonchev–Trinajstić information content (AvgIpc) is 2.45. The fourth-order valence-electron chi connectivity index (χ4n) is 2.46. The maximum Gasteiger partial charge on any atom is 0.338 e. The predicted octanol–water partition coefficient (Wildman–Crippen LogP) is 2.33. The molecular formula is C17H23N3O3. The van der Waals surface area contributed by atoms with Crippen molar-refractivity contribution in [2.45, 2.75) is 32.9 Å². The van der Waals surface area contributed by atoms with Gasteiger partial charge in [-0.25, -0.2) is 9.59 Å². The molecule has 0 unspecified atom stereocenters. The Hall–Kier alpha value is -2.50. The van der Waals surface area contributed by atoms with Crippen LogP contribution in [-0.4, -0.2) is 32.2 Å². The Balaban J connectivity index is 2.38. The lowest BCUT2D eigenvalue weighted by Crippen LogP contribution is -2.45. The van der Waals surface area contributed by atoms with Gasteiger partial charge in [-0.3, -0.25) is 0 Å². The Labute approximate surface area is 136 Å². The number of nitrogens with one attached hydrogen (secondary N) is 2. The average molecular weight is 317 g/mol. The van der Waals surface area contributed by atoms with Crippen LogP contribution in [0.4, 0.5) is 10.5 Å². The van der Waals surface area contributed by atoms with Gasteiger partial charge in [-0.05, 0) is 38.5 Å². The SMILES string of the molecule is CC1=C(C(=O)OC(C)C)[C@H](c2ccc(N(C)C)cc2)NC(=O)N1. The van der Waals surface area contributed by atoms with Gasteiger partial charge in [-0.1, -0.05) is 12.1 Å². The topological polar surface area (TPSA) is 70.7 Å². The summed E-state index contributed by atoms with van der Waals surface area (Å²) >= 11 is 0. The van der Waals surface area contributed by atoms with E-state index in [9.17, 15) is 9.59 Å². The van der Waals surface area contributed by atoms with Crippen LogP contribution in [0.3, 0.4) is 0 Å². The summed E-state index contributed by atoms with van der Waals surface area (Å²) in [5.41, 5.74) is 2.82. The number of hydrogen-bond donors (Lipinski definition) is 2. The highest BCUT2D eigenvalue weighted by molar-refractivity contribution is 5.95. The summed E-state index contributed by atoms with van der Waals surface area (Å²) in [6, 6.07) is 6.86. The largest absolute Gasteiger partial charge is 0.459 e. The van der Waals surface area contributed by atoms with E-state index in [0.717, 1.165) is 11.3 Å². The highest BCUT2D eigenvalue weighted by atomic mass is 16.5. The van der Waals surface area contributed by atoms with Crippen molar-refractivity contribution in [2.75, 3.05) is 19.0 Å². The van der Waals surface area contributed by atoms with Crippen LogP contribution in [0.1, 0.15) is 32.4 Å². The number of ether oxygens (including phenoxy) is 1. The van der Waals surface area contributed by atoms with Crippen molar-refractivity contribution >= 4 is 17.7 Å². The number of rotatable bonds is 4. The number of anilines is 1. The fraction of sp³-hybridized carbons (Fsp3) is 0.412. The molecule has 23 heavy (non-hydrogen) atoms. The summed E-state index contributed by atoms with van der Waals surface area (Å²) in [4.78, 5) is 26.2. The van der Waals surface area contributed by atoms with Crippen LogP contribution < -0.4 is 15.5 Å². The molecule has 1 heterocycles. The van der Waals surface area contributed by atoms with E-state index in [1.165, 1.54) is 0 Å². The minimum Gasteiger partial charge on any atom is -0.459 e. The number of amides is 2. The quantitative estimate of drug-likeness (QED) is 0.836. The van der Waals surface area contributed by atoms with Gasteiger partial charge in [-0.2, -0.15) is 0 Å². The second-order valence-corrected chi connectivity index (χ2v) is 6.01.